The Balaban J connectivity index is 1.72. The Bertz CT molecular complexity index is 1280. The van der Waals surface area contributed by atoms with Gasteiger partial charge < -0.3 is 14.2 Å². The van der Waals surface area contributed by atoms with Gasteiger partial charge in [-0.25, -0.2) is 4.98 Å². The second kappa shape index (κ2) is 8.20. The Morgan fingerprint density at radius 3 is 2.81 bits per heavy atom. The van der Waals surface area contributed by atoms with Crippen LogP contribution in [-0.2, 0) is 4.74 Å². The monoisotopic (exact) mass is 425 g/mol. The first-order valence-electron chi connectivity index (χ1n) is 10.9. The standard InChI is InChI=1S/C26H27N5O/c1-17-13-21(16-30(4)18(17)2)26-29-24-15-28-23(20-8-11-32-12-9-20)14-25(24)31(26)19(3)22-7-5-6-10-27-22/h5-8,10,13-16,19H,2,9,11-12H2,1,3-4H3. The van der Waals surface area contributed by atoms with Gasteiger partial charge in [-0.1, -0.05) is 18.7 Å². The lowest BCUT2D eigenvalue weighted by atomic mass is 10.1. The van der Waals surface area contributed by atoms with Gasteiger partial charge in [0.1, 0.15) is 11.3 Å². The SMILES string of the molecule is C=C1C(C)=CC(c2nc3cnc(C4=CCOCC4)cc3n2C(C)c2ccccn2)=CN1C. The Hall–Kier alpha value is -3.51. The van der Waals surface area contributed by atoms with Crippen molar-refractivity contribution in [1.82, 2.24) is 24.4 Å². The summed E-state index contributed by atoms with van der Waals surface area (Å²) in [7, 11) is 2.02. The molecule has 0 saturated carbocycles. The molecule has 0 bridgehead atoms. The highest BCUT2D eigenvalue weighted by Gasteiger charge is 2.23. The highest BCUT2D eigenvalue weighted by atomic mass is 16.5. The van der Waals surface area contributed by atoms with E-state index in [9.17, 15) is 0 Å². The van der Waals surface area contributed by atoms with Gasteiger partial charge in [0.25, 0.3) is 0 Å². The molecule has 5 heterocycles. The molecule has 3 aromatic heterocycles. The van der Waals surface area contributed by atoms with E-state index in [0.29, 0.717) is 6.61 Å². The Labute approximate surface area is 188 Å². The van der Waals surface area contributed by atoms with Crippen molar-refractivity contribution in [1.29, 1.82) is 0 Å². The lowest BCUT2D eigenvalue weighted by Crippen LogP contribution is -2.17. The van der Waals surface area contributed by atoms with E-state index in [1.165, 1.54) is 5.57 Å². The molecule has 0 spiro atoms. The van der Waals surface area contributed by atoms with Gasteiger partial charge in [-0.05, 0) is 55.7 Å². The van der Waals surface area contributed by atoms with Gasteiger partial charge in [0.05, 0.1) is 42.4 Å². The maximum absolute atomic E-state index is 5.49. The van der Waals surface area contributed by atoms with E-state index in [1.807, 2.05) is 31.6 Å². The summed E-state index contributed by atoms with van der Waals surface area (Å²) >= 11 is 0. The van der Waals surface area contributed by atoms with Gasteiger partial charge in [-0.3, -0.25) is 9.97 Å². The molecule has 0 aliphatic carbocycles. The maximum atomic E-state index is 5.49. The predicted octanol–water partition coefficient (Wildman–Crippen LogP) is 4.99. The minimum Gasteiger partial charge on any atom is -0.377 e. The van der Waals surface area contributed by atoms with Gasteiger partial charge in [-0.2, -0.15) is 0 Å². The third-order valence-corrected chi connectivity index (χ3v) is 6.22. The molecule has 5 rings (SSSR count). The summed E-state index contributed by atoms with van der Waals surface area (Å²) in [4.78, 5) is 16.4. The molecule has 1 atom stereocenters. The number of imidazole rings is 1. The van der Waals surface area contributed by atoms with Crippen LogP contribution in [0.15, 0.2) is 72.9 Å². The molecule has 6 heteroatoms. The van der Waals surface area contributed by atoms with Crippen LogP contribution in [0.5, 0.6) is 0 Å². The number of pyridine rings is 2. The normalized spacial score (nSPS) is 17.8. The van der Waals surface area contributed by atoms with Crippen LogP contribution in [0.1, 0.15) is 43.5 Å². The van der Waals surface area contributed by atoms with E-state index in [4.69, 9.17) is 14.7 Å². The molecule has 3 aromatic rings. The van der Waals surface area contributed by atoms with Crippen LogP contribution in [-0.4, -0.2) is 44.7 Å². The van der Waals surface area contributed by atoms with Gasteiger partial charge in [0, 0.05) is 30.7 Å². The molecular formula is C26H27N5O. The summed E-state index contributed by atoms with van der Waals surface area (Å²) in [6.07, 6.45) is 11.0. The van der Waals surface area contributed by atoms with Crippen molar-refractivity contribution in [2.24, 2.45) is 0 Å². The second-order valence-electron chi connectivity index (χ2n) is 8.32. The fourth-order valence-electron chi connectivity index (χ4n) is 4.33. The highest BCUT2D eigenvalue weighted by Crippen LogP contribution is 2.34. The molecule has 0 N–H and O–H groups in total. The first-order valence-corrected chi connectivity index (χ1v) is 10.9. The van der Waals surface area contributed by atoms with E-state index in [1.54, 1.807) is 0 Å². The van der Waals surface area contributed by atoms with Crippen molar-refractivity contribution in [2.45, 2.75) is 26.3 Å². The van der Waals surface area contributed by atoms with Crippen LogP contribution in [0.4, 0.5) is 0 Å². The Morgan fingerprint density at radius 1 is 1.22 bits per heavy atom. The average molecular weight is 426 g/mol. The minimum atomic E-state index is 0.000147. The Morgan fingerprint density at radius 2 is 2.09 bits per heavy atom. The van der Waals surface area contributed by atoms with Crippen molar-refractivity contribution < 1.29 is 4.74 Å². The first-order chi connectivity index (χ1) is 15.5. The summed E-state index contributed by atoms with van der Waals surface area (Å²) in [5.74, 6) is 0.900. The number of aromatic nitrogens is 4. The number of ether oxygens (including phenoxy) is 1. The maximum Gasteiger partial charge on any atom is 0.143 e. The fourth-order valence-corrected chi connectivity index (χ4v) is 4.33. The third kappa shape index (κ3) is 3.56. The van der Waals surface area contributed by atoms with Crippen molar-refractivity contribution >= 4 is 22.2 Å². The molecule has 0 fully saturated rings. The van der Waals surface area contributed by atoms with Gasteiger partial charge in [0.15, 0.2) is 0 Å². The Kier molecular flexibility index (Phi) is 5.23. The molecule has 0 radical (unpaired) electrons. The molecule has 2 aliphatic rings. The van der Waals surface area contributed by atoms with E-state index >= 15 is 0 Å². The van der Waals surface area contributed by atoms with Crippen molar-refractivity contribution in [3.05, 3.63) is 90.1 Å². The van der Waals surface area contributed by atoms with Crippen LogP contribution in [0.25, 0.3) is 22.2 Å². The highest BCUT2D eigenvalue weighted by molar-refractivity contribution is 5.85. The zero-order chi connectivity index (χ0) is 22.2. The topological polar surface area (TPSA) is 56.1 Å². The third-order valence-electron chi connectivity index (χ3n) is 6.22. The smallest absolute Gasteiger partial charge is 0.143 e. The largest absolute Gasteiger partial charge is 0.377 e. The van der Waals surface area contributed by atoms with Crippen LogP contribution >= 0.6 is 0 Å². The fraction of sp³-hybridized carbons (Fsp3) is 0.269. The molecule has 6 nitrogen and oxygen atoms in total. The molecule has 2 aliphatic heterocycles. The van der Waals surface area contributed by atoms with E-state index < -0.39 is 0 Å². The van der Waals surface area contributed by atoms with E-state index in [0.717, 1.165) is 58.1 Å². The van der Waals surface area contributed by atoms with Crippen LogP contribution < -0.4 is 0 Å². The molecule has 0 aromatic carbocycles. The second-order valence-corrected chi connectivity index (χ2v) is 8.32. The summed E-state index contributed by atoms with van der Waals surface area (Å²) in [6.45, 7) is 9.78. The van der Waals surface area contributed by atoms with Crippen LogP contribution in [0, 0.1) is 0 Å². The average Bonchev–Trinajstić information content (AvgIpc) is 3.21. The van der Waals surface area contributed by atoms with Crippen LogP contribution in [0.2, 0.25) is 0 Å². The number of fused-ring (bicyclic) bond motifs is 1. The number of likely N-dealkylation sites (N-methyl/N-ethyl adjacent to an activating group) is 1. The van der Waals surface area contributed by atoms with Gasteiger partial charge in [0.2, 0.25) is 0 Å². The van der Waals surface area contributed by atoms with E-state index in [-0.39, 0.29) is 6.04 Å². The van der Waals surface area contributed by atoms with E-state index in [2.05, 4.69) is 65.4 Å². The summed E-state index contributed by atoms with van der Waals surface area (Å²) in [6, 6.07) is 8.19. The number of allylic oxidation sites excluding steroid dienone is 3. The lowest BCUT2D eigenvalue weighted by molar-refractivity contribution is 0.161. The summed E-state index contributed by atoms with van der Waals surface area (Å²) in [5.41, 5.74) is 8.28. The summed E-state index contributed by atoms with van der Waals surface area (Å²) < 4.78 is 7.76. The zero-order valence-electron chi connectivity index (χ0n) is 18.7. The molecule has 0 amide bonds. The molecule has 0 saturated heterocycles. The lowest BCUT2D eigenvalue weighted by Gasteiger charge is -2.25. The quantitative estimate of drug-likeness (QED) is 0.590. The molecule has 1 unspecified atom stereocenters. The molecular weight excluding hydrogens is 398 g/mol. The van der Waals surface area contributed by atoms with Crippen LogP contribution in [0.3, 0.4) is 0 Å². The van der Waals surface area contributed by atoms with Gasteiger partial charge >= 0.3 is 0 Å². The minimum absolute atomic E-state index is 0.000147. The zero-order valence-corrected chi connectivity index (χ0v) is 18.7. The number of hydrogen-bond acceptors (Lipinski definition) is 5. The van der Waals surface area contributed by atoms with Crippen molar-refractivity contribution in [3.8, 4) is 0 Å². The summed E-state index contributed by atoms with van der Waals surface area (Å²) in [5, 5.41) is 0. The van der Waals surface area contributed by atoms with Crippen molar-refractivity contribution in [2.75, 3.05) is 20.3 Å². The molecule has 32 heavy (non-hydrogen) atoms. The first kappa shape index (κ1) is 20.4. The molecule has 162 valence electrons. The van der Waals surface area contributed by atoms with Crippen molar-refractivity contribution in [3.63, 3.8) is 0 Å². The predicted molar refractivity (Wildman–Crippen MR) is 128 cm³/mol. The number of rotatable bonds is 4. The number of hydrogen-bond donors (Lipinski definition) is 0. The number of nitrogens with zero attached hydrogens (tertiary/aromatic N) is 5. The van der Waals surface area contributed by atoms with Gasteiger partial charge in [-0.15, -0.1) is 0 Å².